The van der Waals surface area contributed by atoms with Gasteiger partial charge in [0.25, 0.3) is 0 Å². The second-order valence-electron chi connectivity index (χ2n) is 5.15. The van der Waals surface area contributed by atoms with Gasteiger partial charge < -0.3 is 4.74 Å². The molecule has 0 radical (unpaired) electrons. The molecule has 16 heavy (non-hydrogen) atoms. The number of ketones is 1. The molecule has 2 saturated carbocycles. The van der Waals surface area contributed by atoms with Gasteiger partial charge in [-0.3, -0.25) is 9.59 Å². The Kier molecular flexibility index (Phi) is 3.04. The van der Waals surface area contributed by atoms with Gasteiger partial charge in [-0.25, -0.2) is 0 Å². The van der Waals surface area contributed by atoms with Gasteiger partial charge in [-0.15, -0.1) is 0 Å². The van der Waals surface area contributed by atoms with E-state index in [4.69, 9.17) is 4.74 Å². The van der Waals surface area contributed by atoms with Crippen LogP contribution in [0.1, 0.15) is 46.0 Å². The zero-order chi connectivity index (χ0) is 11.8. The average Bonchev–Trinajstić information content (AvgIpc) is 2.96. The maximum absolute atomic E-state index is 11.7. The minimum absolute atomic E-state index is 0.0887. The molecule has 0 bridgehead atoms. The number of carbonyl (C=O) groups is 2. The summed E-state index contributed by atoms with van der Waals surface area (Å²) in [5.41, 5.74) is 0.306. The molecule has 0 amide bonds. The molecule has 0 heterocycles. The van der Waals surface area contributed by atoms with Crippen molar-refractivity contribution in [3.63, 3.8) is 0 Å². The van der Waals surface area contributed by atoms with Gasteiger partial charge in [-0.1, -0.05) is 13.3 Å². The average molecular weight is 224 g/mol. The highest BCUT2D eigenvalue weighted by molar-refractivity contribution is 5.99. The van der Waals surface area contributed by atoms with Crippen molar-refractivity contribution < 1.29 is 14.3 Å². The number of hydrogen-bond acceptors (Lipinski definition) is 3. The Morgan fingerprint density at radius 1 is 1.44 bits per heavy atom. The standard InChI is InChI=1S/C13H20O3/c1-3-9-7-13(9)6-5-11(14)10(8-13)12(15)16-4-2/h9-10H,3-8H2,1-2H3. The molecule has 3 heteroatoms. The van der Waals surface area contributed by atoms with Crippen LogP contribution in [0.2, 0.25) is 0 Å². The summed E-state index contributed by atoms with van der Waals surface area (Å²) < 4.78 is 4.98. The van der Waals surface area contributed by atoms with E-state index in [0.29, 0.717) is 18.4 Å². The first kappa shape index (κ1) is 11.6. The number of ether oxygens (including phenoxy) is 1. The molecule has 2 rings (SSSR count). The van der Waals surface area contributed by atoms with Crippen molar-refractivity contribution in [1.82, 2.24) is 0 Å². The summed E-state index contributed by atoms with van der Waals surface area (Å²) in [5, 5.41) is 0. The van der Waals surface area contributed by atoms with Crippen molar-refractivity contribution in [3.05, 3.63) is 0 Å². The summed E-state index contributed by atoms with van der Waals surface area (Å²) in [6, 6.07) is 0. The monoisotopic (exact) mass is 224 g/mol. The van der Waals surface area contributed by atoms with E-state index in [0.717, 1.165) is 18.8 Å². The Bertz CT molecular complexity index is 310. The lowest BCUT2D eigenvalue weighted by Crippen LogP contribution is -2.34. The molecular formula is C13H20O3. The Balaban J connectivity index is 2.02. The third-order valence-electron chi connectivity index (χ3n) is 4.29. The van der Waals surface area contributed by atoms with E-state index in [-0.39, 0.29) is 11.8 Å². The Hall–Kier alpha value is -0.860. The third-order valence-corrected chi connectivity index (χ3v) is 4.29. The number of Topliss-reactive ketones (excluding diaryl/α,β-unsaturated/α-hetero) is 1. The molecule has 3 atom stereocenters. The van der Waals surface area contributed by atoms with Crippen molar-refractivity contribution in [2.24, 2.45) is 17.3 Å². The molecule has 3 nitrogen and oxygen atoms in total. The Morgan fingerprint density at radius 2 is 2.19 bits per heavy atom. The largest absolute Gasteiger partial charge is 0.465 e. The summed E-state index contributed by atoms with van der Waals surface area (Å²) >= 11 is 0. The van der Waals surface area contributed by atoms with Crippen molar-refractivity contribution in [1.29, 1.82) is 0 Å². The van der Waals surface area contributed by atoms with Crippen LogP contribution in [-0.4, -0.2) is 18.4 Å². The van der Waals surface area contributed by atoms with E-state index in [1.165, 1.54) is 12.8 Å². The predicted octanol–water partition coefficient (Wildman–Crippen LogP) is 2.33. The number of hydrogen-bond donors (Lipinski definition) is 0. The molecule has 0 aromatic carbocycles. The molecule has 0 N–H and O–H groups in total. The van der Waals surface area contributed by atoms with E-state index < -0.39 is 5.92 Å². The molecule has 2 aliphatic carbocycles. The molecule has 0 aromatic heterocycles. The van der Waals surface area contributed by atoms with Crippen LogP contribution in [0.15, 0.2) is 0 Å². The summed E-state index contributed by atoms with van der Waals surface area (Å²) in [5.74, 6) is 0.0573. The van der Waals surface area contributed by atoms with E-state index in [2.05, 4.69) is 6.92 Å². The quantitative estimate of drug-likeness (QED) is 0.546. The molecule has 0 saturated heterocycles. The number of rotatable bonds is 3. The minimum atomic E-state index is -0.467. The highest BCUT2D eigenvalue weighted by atomic mass is 16.5. The van der Waals surface area contributed by atoms with Gasteiger partial charge in [0.15, 0.2) is 0 Å². The second-order valence-corrected chi connectivity index (χ2v) is 5.15. The molecule has 0 aliphatic heterocycles. The Morgan fingerprint density at radius 3 is 2.75 bits per heavy atom. The first-order valence-corrected chi connectivity index (χ1v) is 6.32. The summed E-state index contributed by atoms with van der Waals surface area (Å²) in [6.07, 6.45) is 4.67. The second kappa shape index (κ2) is 4.19. The number of esters is 1. The molecule has 2 aliphatic rings. The molecule has 3 unspecified atom stereocenters. The van der Waals surface area contributed by atoms with Gasteiger partial charge in [0.05, 0.1) is 6.61 Å². The predicted molar refractivity (Wildman–Crippen MR) is 59.8 cm³/mol. The van der Waals surface area contributed by atoms with Crippen molar-refractivity contribution >= 4 is 11.8 Å². The summed E-state index contributed by atoms with van der Waals surface area (Å²) in [6.45, 7) is 4.34. The van der Waals surface area contributed by atoms with Gasteiger partial charge in [0, 0.05) is 6.42 Å². The number of carbonyl (C=O) groups excluding carboxylic acids is 2. The van der Waals surface area contributed by atoms with E-state index >= 15 is 0 Å². The highest BCUT2D eigenvalue weighted by Crippen LogP contribution is 2.63. The van der Waals surface area contributed by atoms with Crippen molar-refractivity contribution in [2.75, 3.05) is 6.61 Å². The van der Waals surface area contributed by atoms with Crippen LogP contribution >= 0.6 is 0 Å². The van der Waals surface area contributed by atoms with Crippen molar-refractivity contribution in [3.8, 4) is 0 Å². The zero-order valence-electron chi connectivity index (χ0n) is 10.1. The highest BCUT2D eigenvalue weighted by Gasteiger charge is 2.57. The topological polar surface area (TPSA) is 43.4 Å². The van der Waals surface area contributed by atoms with Gasteiger partial charge in [0.2, 0.25) is 0 Å². The zero-order valence-corrected chi connectivity index (χ0v) is 10.1. The summed E-state index contributed by atoms with van der Waals surface area (Å²) in [7, 11) is 0. The lowest BCUT2D eigenvalue weighted by Gasteiger charge is -2.27. The first-order valence-electron chi connectivity index (χ1n) is 6.32. The van der Waals surface area contributed by atoms with Gasteiger partial charge >= 0.3 is 5.97 Å². The maximum atomic E-state index is 11.7. The summed E-state index contributed by atoms with van der Waals surface area (Å²) in [4.78, 5) is 23.4. The van der Waals surface area contributed by atoms with Gasteiger partial charge in [-0.2, -0.15) is 0 Å². The van der Waals surface area contributed by atoms with Gasteiger partial charge in [-0.05, 0) is 37.5 Å². The third kappa shape index (κ3) is 1.87. The van der Waals surface area contributed by atoms with Crippen molar-refractivity contribution in [2.45, 2.75) is 46.0 Å². The molecule has 2 fully saturated rings. The lowest BCUT2D eigenvalue weighted by molar-refractivity contribution is -0.154. The molecule has 1 spiro atoms. The van der Waals surface area contributed by atoms with Crippen LogP contribution in [-0.2, 0) is 14.3 Å². The Labute approximate surface area is 96.5 Å². The fourth-order valence-electron chi connectivity index (χ4n) is 3.19. The van der Waals surface area contributed by atoms with E-state index in [9.17, 15) is 9.59 Å². The van der Waals surface area contributed by atoms with Crippen LogP contribution < -0.4 is 0 Å². The van der Waals surface area contributed by atoms with Gasteiger partial charge in [0.1, 0.15) is 11.7 Å². The van der Waals surface area contributed by atoms with Crippen LogP contribution in [0.4, 0.5) is 0 Å². The molecule has 90 valence electrons. The van der Waals surface area contributed by atoms with Crippen LogP contribution in [0.25, 0.3) is 0 Å². The van der Waals surface area contributed by atoms with E-state index in [1.807, 2.05) is 0 Å². The lowest BCUT2D eigenvalue weighted by atomic mass is 9.76. The SMILES string of the molecule is CCOC(=O)C1CC2(CCC1=O)CC2CC. The minimum Gasteiger partial charge on any atom is -0.465 e. The fraction of sp³-hybridized carbons (Fsp3) is 0.846. The van der Waals surface area contributed by atoms with Crippen LogP contribution in [0, 0.1) is 17.3 Å². The molecule has 0 aromatic rings. The first-order chi connectivity index (χ1) is 7.63. The maximum Gasteiger partial charge on any atom is 0.316 e. The van der Waals surface area contributed by atoms with Crippen LogP contribution in [0.5, 0.6) is 0 Å². The molecular weight excluding hydrogens is 204 g/mol. The van der Waals surface area contributed by atoms with Crippen LogP contribution in [0.3, 0.4) is 0 Å². The van der Waals surface area contributed by atoms with E-state index in [1.54, 1.807) is 6.92 Å². The smallest absolute Gasteiger partial charge is 0.316 e. The normalized spacial score (nSPS) is 37.5. The fourth-order valence-corrected chi connectivity index (χ4v) is 3.19.